The van der Waals surface area contributed by atoms with Gasteiger partial charge in [0, 0.05) is 12.2 Å². The summed E-state index contributed by atoms with van der Waals surface area (Å²) >= 11 is 0. The Bertz CT molecular complexity index is 569. The topological polar surface area (TPSA) is 115 Å². The zero-order valence-corrected chi connectivity index (χ0v) is 11.7. The summed E-state index contributed by atoms with van der Waals surface area (Å²) in [5.41, 5.74) is 1.11. The maximum atomic E-state index is 11.0. The second-order valence-corrected chi connectivity index (χ2v) is 4.82. The second kappa shape index (κ2) is 6.74. The number of hydrogen-bond donors (Lipinski definition) is 3. The lowest BCUT2D eigenvalue weighted by atomic mass is 10.1. The number of hydrogen-bond acceptors (Lipinski definition) is 4. The minimum Gasteiger partial charge on any atom is -0.481 e. The Morgan fingerprint density at radius 2 is 1.81 bits per heavy atom. The summed E-state index contributed by atoms with van der Waals surface area (Å²) in [7, 11) is 0. The highest BCUT2D eigenvalue weighted by atomic mass is 16.4. The molecule has 0 fully saturated rings. The number of rotatable bonds is 7. The van der Waals surface area contributed by atoms with Crippen molar-refractivity contribution in [3.63, 3.8) is 0 Å². The summed E-state index contributed by atoms with van der Waals surface area (Å²) in [5, 5.41) is 26.9. The van der Waals surface area contributed by atoms with E-state index in [1.165, 1.54) is 24.0 Å². The molecule has 0 aliphatic heterocycles. The summed E-state index contributed by atoms with van der Waals surface area (Å²) in [6.45, 7) is 2.75. The summed E-state index contributed by atoms with van der Waals surface area (Å²) in [4.78, 5) is 34.3. The third kappa shape index (κ3) is 4.48. The van der Waals surface area contributed by atoms with E-state index in [1.54, 1.807) is 13.0 Å². The predicted molar refractivity (Wildman–Crippen MR) is 74.8 cm³/mol. The highest BCUT2D eigenvalue weighted by Gasteiger charge is 2.20. The first-order valence-electron chi connectivity index (χ1n) is 6.26. The van der Waals surface area contributed by atoms with Crippen molar-refractivity contribution in [3.05, 3.63) is 29.3 Å². The molecule has 0 heterocycles. The van der Waals surface area contributed by atoms with Gasteiger partial charge in [-0.2, -0.15) is 0 Å². The average Bonchev–Trinajstić information content (AvgIpc) is 2.37. The van der Waals surface area contributed by atoms with Crippen LogP contribution in [0.3, 0.4) is 0 Å². The highest BCUT2D eigenvalue weighted by molar-refractivity contribution is 5.89. The highest BCUT2D eigenvalue weighted by Crippen LogP contribution is 2.23. The molecule has 1 rings (SSSR count). The molecule has 0 aliphatic carbocycles. The van der Waals surface area contributed by atoms with Crippen LogP contribution >= 0.6 is 0 Å². The molecule has 0 aliphatic rings. The third-order valence-electron chi connectivity index (χ3n) is 3.04. The van der Waals surface area contributed by atoms with Crippen LogP contribution < -0.4 is 4.90 Å². The molecule has 0 bridgehead atoms. The molecule has 7 nitrogen and oxygen atoms in total. The number of nitrogens with zero attached hydrogens (tertiary/aromatic N) is 1. The number of benzene rings is 1. The molecular formula is C14H17NO6. The minimum absolute atomic E-state index is 0.0222. The maximum Gasteiger partial charge on any atom is 0.335 e. The van der Waals surface area contributed by atoms with Gasteiger partial charge in [0.25, 0.3) is 0 Å². The molecule has 1 aromatic rings. The van der Waals surface area contributed by atoms with Gasteiger partial charge in [-0.25, -0.2) is 4.79 Å². The fraction of sp³-hybridized carbons (Fsp3) is 0.357. The SMILES string of the molecule is Cc1ccc(C(=O)O)cc1N(CC(=O)O)CC(C)C(=O)O. The molecular weight excluding hydrogens is 278 g/mol. The smallest absolute Gasteiger partial charge is 0.335 e. The summed E-state index contributed by atoms with van der Waals surface area (Å²) in [5.74, 6) is -4.07. The van der Waals surface area contributed by atoms with Gasteiger partial charge in [0.05, 0.1) is 11.5 Å². The molecule has 3 N–H and O–H groups in total. The van der Waals surface area contributed by atoms with E-state index in [1.807, 2.05) is 0 Å². The first kappa shape index (κ1) is 16.5. The predicted octanol–water partition coefficient (Wildman–Crippen LogP) is 1.30. The van der Waals surface area contributed by atoms with Crippen molar-refractivity contribution in [1.82, 2.24) is 0 Å². The standard InChI is InChI=1S/C14H17NO6/c1-8-3-4-10(14(20)21)5-11(8)15(7-12(16)17)6-9(2)13(18)19/h3-5,9H,6-7H2,1-2H3,(H,16,17)(H,18,19)(H,20,21). The van der Waals surface area contributed by atoms with Crippen molar-refractivity contribution in [1.29, 1.82) is 0 Å². The van der Waals surface area contributed by atoms with Crippen molar-refractivity contribution in [2.24, 2.45) is 5.92 Å². The van der Waals surface area contributed by atoms with Crippen LogP contribution in [-0.2, 0) is 9.59 Å². The maximum absolute atomic E-state index is 11.0. The number of aromatic carboxylic acids is 1. The van der Waals surface area contributed by atoms with Gasteiger partial charge in [0.1, 0.15) is 6.54 Å². The van der Waals surface area contributed by atoms with Gasteiger partial charge in [-0.15, -0.1) is 0 Å². The number of aliphatic carboxylic acids is 2. The van der Waals surface area contributed by atoms with E-state index < -0.39 is 30.4 Å². The number of anilines is 1. The zero-order chi connectivity index (χ0) is 16.2. The number of carboxylic acid groups (broad SMARTS) is 3. The Morgan fingerprint density at radius 3 is 2.29 bits per heavy atom. The zero-order valence-electron chi connectivity index (χ0n) is 11.7. The second-order valence-electron chi connectivity index (χ2n) is 4.82. The third-order valence-corrected chi connectivity index (χ3v) is 3.04. The van der Waals surface area contributed by atoms with Crippen molar-refractivity contribution in [3.8, 4) is 0 Å². The van der Waals surface area contributed by atoms with E-state index in [2.05, 4.69) is 0 Å². The van der Waals surface area contributed by atoms with E-state index in [0.29, 0.717) is 11.3 Å². The van der Waals surface area contributed by atoms with E-state index >= 15 is 0 Å². The lowest BCUT2D eigenvalue weighted by Gasteiger charge is -2.26. The minimum atomic E-state index is -1.13. The van der Waals surface area contributed by atoms with Crippen molar-refractivity contribution in [2.75, 3.05) is 18.0 Å². The number of carbonyl (C=O) groups is 3. The van der Waals surface area contributed by atoms with Crippen molar-refractivity contribution >= 4 is 23.6 Å². The molecule has 1 atom stereocenters. The lowest BCUT2D eigenvalue weighted by molar-refractivity contribution is -0.141. The number of carboxylic acids is 3. The first-order valence-corrected chi connectivity index (χ1v) is 6.26. The summed E-state index contributed by atoms with van der Waals surface area (Å²) in [6.07, 6.45) is 0. The van der Waals surface area contributed by atoms with E-state index in [9.17, 15) is 14.4 Å². The van der Waals surface area contributed by atoms with Gasteiger partial charge in [-0.05, 0) is 24.6 Å². The van der Waals surface area contributed by atoms with Crippen LogP contribution in [0.25, 0.3) is 0 Å². The number of aryl methyl sites for hydroxylation is 1. The van der Waals surface area contributed by atoms with Gasteiger partial charge in [-0.3, -0.25) is 9.59 Å². The Balaban J connectivity index is 3.18. The van der Waals surface area contributed by atoms with Gasteiger partial charge < -0.3 is 20.2 Å². The molecule has 0 saturated carbocycles. The van der Waals surface area contributed by atoms with Crippen LogP contribution in [0.15, 0.2) is 18.2 Å². The van der Waals surface area contributed by atoms with E-state index in [4.69, 9.17) is 15.3 Å². The molecule has 0 aromatic heterocycles. The molecule has 114 valence electrons. The molecule has 1 aromatic carbocycles. The van der Waals surface area contributed by atoms with Gasteiger partial charge in [0.15, 0.2) is 0 Å². The van der Waals surface area contributed by atoms with Crippen LogP contribution in [-0.4, -0.2) is 46.3 Å². The van der Waals surface area contributed by atoms with Crippen LogP contribution in [0, 0.1) is 12.8 Å². The Hall–Kier alpha value is -2.57. The molecule has 0 amide bonds. The van der Waals surface area contributed by atoms with Gasteiger partial charge >= 0.3 is 17.9 Å². The molecule has 0 saturated heterocycles. The monoisotopic (exact) mass is 295 g/mol. The van der Waals surface area contributed by atoms with Gasteiger partial charge in [0.2, 0.25) is 0 Å². The molecule has 21 heavy (non-hydrogen) atoms. The fourth-order valence-corrected chi connectivity index (χ4v) is 1.90. The molecule has 7 heteroatoms. The Kier molecular flexibility index (Phi) is 5.29. The Labute approximate surface area is 121 Å². The van der Waals surface area contributed by atoms with Crippen molar-refractivity contribution < 1.29 is 29.7 Å². The van der Waals surface area contributed by atoms with Crippen molar-refractivity contribution in [2.45, 2.75) is 13.8 Å². The Morgan fingerprint density at radius 1 is 1.19 bits per heavy atom. The fourth-order valence-electron chi connectivity index (χ4n) is 1.90. The first-order chi connectivity index (χ1) is 9.72. The average molecular weight is 295 g/mol. The van der Waals surface area contributed by atoms with Gasteiger partial charge in [-0.1, -0.05) is 13.0 Å². The largest absolute Gasteiger partial charge is 0.481 e. The van der Waals surface area contributed by atoms with Crippen LogP contribution in [0.1, 0.15) is 22.8 Å². The van der Waals surface area contributed by atoms with Crippen LogP contribution in [0.4, 0.5) is 5.69 Å². The van der Waals surface area contributed by atoms with Crippen LogP contribution in [0.5, 0.6) is 0 Å². The van der Waals surface area contributed by atoms with E-state index in [0.717, 1.165) is 0 Å². The summed E-state index contributed by atoms with van der Waals surface area (Å²) < 4.78 is 0. The summed E-state index contributed by atoms with van der Waals surface area (Å²) in [6, 6.07) is 4.34. The quantitative estimate of drug-likeness (QED) is 0.694. The molecule has 1 unspecified atom stereocenters. The molecule has 0 radical (unpaired) electrons. The van der Waals surface area contributed by atoms with E-state index in [-0.39, 0.29) is 12.1 Å². The normalized spacial score (nSPS) is 11.7. The molecule has 0 spiro atoms. The lowest BCUT2D eigenvalue weighted by Crippen LogP contribution is -2.36. The van der Waals surface area contributed by atoms with Crippen LogP contribution in [0.2, 0.25) is 0 Å².